The fourth-order valence-corrected chi connectivity index (χ4v) is 3.88. The molecule has 2 aromatic rings. The minimum atomic E-state index is 0.0375. The molecule has 2 rings (SSSR count). The van der Waals surface area contributed by atoms with Crippen molar-refractivity contribution in [1.82, 2.24) is 5.32 Å². The van der Waals surface area contributed by atoms with Crippen LogP contribution in [0.3, 0.4) is 0 Å². The number of methoxy groups -OCH3 is 2. The van der Waals surface area contributed by atoms with Crippen molar-refractivity contribution in [2.75, 3.05) is 26.5 Å². The maximum atomic E-state index is 12.1. The largest absolute Gasteiger partial charge is 0.493 e. The Kier molecular flexibility index (Phi) is 7.85. The fraction of sp³-hybridized carbons (Fsp3) is 0.350. The summed E-state index contributed by atoms with van der Waals surface area (Å²) in [6, 6.07) is 10.0. The Morgan fingerprint density at radius 3 is 2.50 bits per heavy atom. The third-order valence-electron chi connectivity index (χ3n) is 4.00. The lowest BCUT2D eigenvalue weighted by atomic mass is 10.1. The van der Waals surface area contributed by atoms with E-state index in [2.05, 4.69) is 47.2 Å². The van der Waals surface area contributed by atoms with Gasteiger partial charge < -0.3 is 14.8 Å². The fourth-order valence-electron chi connectivity index (χ4n) is 2.49. The van der Waals surface area contributed by atoms with Crippen LogP contribution in [0.15, 0.2) is 39.7 Å². The second-order valence-electron chi connectivity index (χ2n) is 5.94. The van der Waals surface area contributed by atoms with Gasteiger partial charge in [0, 0.05) is 15.9 Å². The quantitative estimate of drug-likeness (QED) is 0.615. The van der Waals surface area contributed by atoms with E-state index in [9.17, 15) is 4.79 Å². The van der Waals surface area contributed by atoms with Gasteiger partial charge in [-0.25, -0.2) is 0 Å². The number of hydrogen-bond acceptors (Lipinski definition) is 4. The minimum absolute atomic E-state index is 0.0375. The van der Waals surface area contributed by atoms with Crippen LogP contribution in [-0.2, 0) is 11.2 Å². The molecule has 0 heterocycles. The summed E-state index contributed by atoms with van der Waals surface area (Å²) in [5.41, 5.74) is 3.44. The van der Waals surface area contributed by atoms with Crippen LogP contribution >= 0.6 is 27.7 Å². The van der Waals surface area contributed by atoms with Gasteiger partial charge in [-0.3, -0.25) is 4.79 Å². The number of ether oxygens (including phenoxy) is 2. The molecule has 0 aromatic heterocycles. The van der Waals surface area contributed by atoms with Crippen LogP contribution in [0.5, 0.6) is 11.5 Å². The summed E-state index contributed by atoms with van der Waals surface area (Å²) < 4.78 is 11.6. The Labute approximate surface area is 167 Å². The Morgan fingerprint density at radius 2 is 1.81 bits per heavy atom. The summed E-state index contributed by atoms with van der Waals surface area (Å²) >= 11 is 5.10. The highest BCUT2D eigenvalue weighted by molar-refractivity contribution is 9.10. The first-order valence-electron chi connectivity index (χ1n) is 8.31. The van der Waals surface area contributed by atoms with Crippen molar-refractivity contribution < 1.29 is 14.3 Å². The minimum Gasteiger partial charge on any atom is -0.493 e. The van der Waals surface area contributed by atoms with Gasteiger partial charge >= 0.3 is 0 Å². The van der Waals surface area contributed by atoms with E-state index in [1.165, 1.54) is 11.1 Å². The molecule has 0 saturated heterocycles. The van der Waals surface area contributed by atoms with Crippen molar-refractivity contribution >= 4 is 33.6 Å². The number of aryl methyl sites for hydroxylation is 2. The summed E-state index contributed by atoms with van der Waals surface area (Å²) in [5.74, 6) is 1.86. The van der Waals surface area contributed by atoms with Crippen LogP contribution in [0.4, 0.5) is 0 Å². The van der Waals surface area contributed by atoms with Gasteiger partial charge in [-0.15, -0.1) is 11.8 Å². The SMILES string of the molecule is COc1ccc(CCNC(=O)CSc2cc(C)c(Br)cc2C)cc1OC. The zero-order chi connectivity index (χ0) is 19.1. The molecule has 0 fully saturated rings. The molecule has 0 aliphatic rings. The molecule has 0 spiro atoms. The Morgan fingerprint density at radius 1 is 1.08 bits per heavy atom. The highest BCUT2D eigenvalue weighted by Gasteiger charge is 2.08. The zero-order valence-electron chi connectivity index (χ0n) is 15.5. The van der Waals surface area contributed by atoms with Gasteiger partial charge in [0.15, 0.2) is 11.5 Å². The molecule has 0 saturated carbocycles. The van der Waals surface area contributed by atoms with Crippen LogP contribution < -0.4 is 14.8 Å². The molecule has 0 aliphatic heterocycles. The van der Waals surface area contributed by atoms with E-state index in [0.717, 1.165) is 21.4 Å². The highest BCUT2D eigenvalue weighted by Crippen LogP contribution is 2.29. The van der Waals surface area contributed by atoms with Crippen molar-refractivity contribution in [3.05, 3.63) is 51.5 Å². The third kappa shape index (κ3) is 5.68. The summed E-state index contributed by atoms with van der Waals surface area (Å²) in [4.78, 5) is 13.2. The number of halogens is 1. The normalized spacial score (nSPS) is 10.5. The molecule has 140 valence electrons. The van der Waals surface area contributed by atoms with E-state index in [-0.39, 0.29) is 5.91 Å². The number of thioether (sulfide) groups is 1. The summed E-state index contributed by atoms with van der Waals surface area (Å²) in [6.07, 6.45) is 0.743. The molecule has 26 heavy (non-hydrogen) atoms. The molecule has 4 nitrogen and oxygen atoms in total. The van der Waals surface area contributed by atoms with Crippen LogP contribution in [-0.4, -0.2) is 32.4 Å². The monoisotopic (exact) mass is 437 g/mol. The summed E-state index contributed by atoms with van der Waals surface area (Å²) in [7, 11) is 3.23. The van der Waals surface area contributed by atoms with Crippen molar-refractivity contribution in [1.29, 1.82) is 0 Å². The second kappa shape index (κ2) is 9.88. The zero-order valence-corrected chi connectivity index (χ0v) is 17.9. The Bertz CT molecular complexity index is 780. The van der Waals surface area contributed by atoms with Crippen LogP contribution in [0.1, 0.15) is 16.7 Å². The number of amides is 1. The van der Waals surface area contributed by atoms with Crippen LogP contribution in [0, 0.1) is 13.8 Å². The number of benzene rings is 2. The first-order valence-corrected chi connectivity index (χ1v) is 10.1. The number of carbonyl (C=O) groups excluding carboxylic acids is 1. The van der Waals surface area contributed by atoms with Gasteiger partial charge in [0.25, 0.3) is 0 Å². The van der Waals surface area contributed by atoms with Crippen molar-refractivity contribution in [2.45, 2.75) is 25.2 Å². The molecule has 1 N–H and O–H groups in total. The topological polar surface area (TPSA) is 47.6 Å². The lowest BCUT2D eigenvalue weighted by molar-refractivity contribution is -0.118. The number of carbonyl (C=O) groups is 1. The first kappa shape index (κ1) is 20.6. The predicted octanol–water partition coefficient (Wildman–Crippen LogP) is 4.53. The Balaban J connectivity index is 1.81. The van der Waals surface area contributed by atoms with Crippen LogP contribution in [0.25, 0.3) is 0 Å². The number of rotatable bonds is 8. The average Bonchev–Trinajstić information content (AvgIpc) is 2.63. The number of hydrogen-bond donors (Lipinski definition) is 1. The summed E-state index contributed by atoms with van der Waals surface area (Å²) in [5, 5.41) is 2.97. The lowest BCUT2D eigenvalue weighted by Gasteiger charge is -2.11. The van der Waals surface area contributed by atoms with Crippen molar-refractivity contribution in [2.24, 2.45) is 0 Å². The van der Waals surface area contributed by atoms with E-state index >= 15 is 0 Å². The smallest absolute Gasteiger partial charge is 0.230 e. The van der Waals surface area contributed by atoms with Crippen LogP contribution in [0.2, 0.25) is 0 Å². The van der Waals surface area contributed by atoms with E-state index in [1.807, 2.05) is 18.2 Å². The molecule has 0 unspecified atom stereocenters. The maximum Gasteiger partial charge on any atom is 0.230 e. The summed E-state index contributed by atoms with van der Waals surface area (Å²) in [6.45, 7) is 4.70. The van der Waals surface area contributed by atoms with Gasteiger partial charge in [-0.1, -0.05) is 22.0 Å². The van der Waals surface area contributed by atoms with E-state index in [4.69, 9.17) is 9.47 Å². The van der Waals surface area contributed by atoms with Gasteiger partial charge in [-0.05, 0) is 61.2 Å². The molecule has 2 aromatic carbocycles. The molecule has 0 bridgehead atoms. The Hall–Kier alpha value is -1.66. The number of nitrogens with one attached hydrogen (secondary N) is 1. The van der Waals surface area contributed by atoms with Gasteiger partial charge in [0.2, 0.25) is 5.91 Å². The molecular formula is C20H24BrNO3S. The molecular weight excluding hydrogens is 414 g/mol. The third-order valence-corrected chi connectivity index (χ3v) is 6.01. The van der Waals surface area contributed by atoms with Crippen molar-refractivity contribution in [3.8, 4) is 11.5 Å². The molecule has 0 atom stereocenters. The molecule has 0 radical (unpaired) electrons. The van der Waals surface area contributed by atoms with Gasteiger partial charge in [-0.2, -0.15) is 0 Å². The average molecular weight is 438 g/mol. The highest BCUT2D eigenvalue weighted by atomic mass is 79.9. The van der Waals surface area contributed by atoms with Crippen molar-refractivity contribution in [3.63, 3.8) is 0 Å². The van der Waals surface area contributed by atoms with E-state index in [0.29, 0.717) is 23.8 Å². The lowest BCUT2D eigenvalue weighted by Crippen LogP contribution is -2.27. The maximum absolute atomic E-state index is 12.1. The predicted molar refractivity (Wildman–Crippen MR) is 111 cm³/mol. The molecule has 0 aliphatic carbocycles. The standard InChI is InChI=1S/C20H24BrNO3S/c1-13-10-19(14(2)9-16(13)21)26-12-20(23)22-8-7-15-5-6-17(24-3)18(11-15)25-4/h5-6,9-11H,7-8,12H2,1-4H3,(H,22,23). The molecule has 6 heteroatoms. The van der Waals surface area contributed by atoms with E-state index in [1.54, 1.807) is 26.0 Å². The first-order chi connectivity index (χ1) is 12.4. The second-order valence-corrected chi connectivity index (χ2v) is 7.82. The van der Waals surface area contributed by atoms with Gasteiger partial charge in [0.05, 0.1) is 20.0 Å². The van der Waals surface area contributed by atoms with E-state index < -0.39 is 0 Å². The van der Waals surface area contributed by atoms with Gasteiger partial charge in [0.1, 0.15) is 0 Å². The molecule has 1 amide bonds.